The van der Waals surface area contributed by atoms with Crippen LogP contribution >= 0.6 is 24.0 Å². The Hall–Kier alpha value is -1.16. The first kappa shape index (κ1) is 22.9. The standard InChI is InChI=1S/C18H28F2N4O.HI/c1-3-15(24-10-6-7-11-24)13-23-18(21-2)22-12-14-8-4-5-9-16(14)25-17(19)20;/h4-5,8-9,15,17H,3,6-7,10-13H2,1-2H3,(H2,21,22,23);1H. The molecule has 0 saturated carbocycles. The molecule has 2 N–H and O–H groups in total. The first-order valence-electron chi connectivity index (χ1n) is 8.85. The first-order valence-corrected chi connectivity index (χ1v) is 8.85. The van der Waals surface area contributed by atoms with Crippen LogP contribution < -0.4 is 15.4 Å². The van der Waals surface area contributed by atoms with Crippen molar-refractivity contribution < 1.29 is 13.5 Å². The molecule has 1 fully saturated rings. The van der Waals surface area contributed by atoms with Crippen molar-refractivity contribution in [3.05, 3.63) is 29.8 Å². The van der Waals surface area contributed by atoms with Gasteiger partial charge in [-0.2, -0.15) is 8.78 Å². The van der Waals surface area contributed by atoms with Gasteiger partial charge in [-0.05, 0) is 38.4 Å². The maximum Gasteiger partial charge on any atom is 0.387 e. The molecule has 1 aromatic carbocycles. The third-order valence-electron chi connectivity index (χ3n) is 4.49. The maximum atomic E-state index is 12.5. The maximum absolute atomic E-state index is 12.5. The lowest BCUT2D eigenvalue weighted by Gasteiger charge is -2.27. The molecule has 1 atom stereocenters. The van der Waals surface area contributed by atoms with Crippen LogP contribution in [0.25, 0.3) is 0 Å². The lowest BCUT2D eigenvalue weighted by Crippen LogP contribution is -2.46. The summed E-state index contributed by atoms with van der Waals surface area (Å²) < 4.78 is 29.5. The highest BCUT2D eigenvalue weighted by Gasteiger charge is 2.20. The number of ether oxygens (including phenoxy) is 1. The molecule has 0 aromatic heterocycles. The van der Waals surface area contributed by atoms with Crippen molar-refractivity contribution in [1.82, 2.24) is 15.5 Å². The lowest BCUT2D eigenvalue weighted by molar-refractivity contribution is -0.0504. The van der Waals surface area contributed by atoms with E-state index in [-0.39, 0.29) is 29.7 Å². The predicted molar refractivity (Wildman–Crippen MR) is 112 cm³/mol. The molecule has 1 saturated heterocycles. The minimum absolute atomic E-state index is 0. The highest BCUT2D eigenvalue weighted by atomic mass is 127. The van der Waals surface area contributed by atoms with Crippen LogP contribution in [0.15, 0.2) is 29.3 Å². The molecule has 0 radical (unpaired) electrons. The van der Waals surface area contributed by atoms with Gasteiger partial charge in [0.15, 0.2) is 5.96 Å². The summed E-state index contributed by atoms with van der Waals surface area (Å²) in [6.07, 6.45) is 3.61. The van der Waals surface area contributed by atoms with E-state index in [1.165, 1.54) is 12.8 Å². The average molecular weight is 482 g/mol. The number of guanidine groups is 1. The van der Waals surface area contributed by atoms with Crippen LogP contribution in [0.3, 0.4) is 0 Å². The van der Waals surface area contributed by atoms with Gasteiger partial charge in [0, 0.05) is 31.7 Å². The molecule has 2 rings (SSSR count). The summed E-state index contributed by atoms with van der Waals surface area (Å²) in [7, 11) is 1.70. The van der Waals surface area contributed by atoms with Crippen molar-refractivity contribution in [1.29, 1.82) is 0 Å². The monoisotopic (exact) mass is 482 g/mol. The Balaban J connectivity index is 0.00000338. The second-order valence-electron chi connectivity index (χ2n) is 6.10. The third kappa shape index (κ3) is 7.22. The molecule has 148 valence electrons. The van der Waals surface area contributed by atoms with Gasteiger partial charge in [0.1, 0.15) is 5.75 Å². The Kier molecular flexibility index (Phi) is 10.8. The van der Waals surface area contributed by atoms with E-state index >= 15 is 0 Å². The summed E-state index contributed by atoms with van der Waals surface area (Å²) in [4.78, 5) is 6.72. The predicted octanol–water partition coefficient (Wildman–Crippen LogP) is 3.45. The quantitative estimate of drug-likeness (QED) is 0.339. The van der Waals surface area contributed by atoms with Crippen LogP contribution in [0.5, 0.6) is 5.75 Å². The molecule has 8 heteroatoms. The van der Waals surface area contributed by atoms with Crippen LogP contribution in [-0.4, -0.2) is 50.2 Å². The van der Waals surface area contributed by atoms with Gasteiger partial charge >= 0.3 is 6.61 Å². The minimum Gasteiger partial charge on any atom is -0.434 e. The molecule has 1 aromatic rings. The average Bonchev–Trinajstić information content (AvgIpc) is 3.13. The fourth-order valence-corrected chi connectivity index (χ4v) is 3.11. The summed E-state index contributed by atoms with van der Waals surface area (Å²) in [5.41, 5.74) is 0.664. The number of hydrogen-bond donors (Lipinski definition) is 2. The molecular weight excluding hydrogens is 453 g/mol. The summed E-state index contributed by atoms with van der Waals surface area (Å²) in [5.74, 6) is 0.841. The fourth-order valence-electron chi connectivity index (χ4n) is 3.11. The first-order chi connectivity index (χ1) is 12.1. The summed E-state index contributed by atoms with van der Waals surface area (Å²) in [6, 6.07) is 7.26. The van der Waals surface area contributed by atoms with Gasteiger partial charge in [-0.1, -0.05) is 25.1 Å². The smallest absolute Gasteiger partial charge is 0.387 e. The van der Waals surface area contributed by atoms with E-state index in [2.05, 4.69) is 32.2 Å². The third-order valence-corrected chi connectivity index (χ3v) is 4.49. The number of alkyl halides is 2. The topological polar surface area (TPSA) is 48.9 Å². The zero-order valence-electron chi connectivity index (χ0n) is 15.4. The number of benzene rings is 1. The number of rotatable bonds is 8. The van der Waals surface area contributed by atoms with Crippen molar-refractivity contribution >= 4 is 29.9 Å². The number of aliphatic imine (C=N–C) groups is 1. The zero-order valence-corrected chi connectivity index (χ0v) is 17.7. The van der Waals surface area contributed by atoms with Crippen molar-refractivity contribution in [3.8, 4) is 5.75 Å². The molecule has 1 unspecified atom stereocenters. The van der Waals surface area contributed by atoms with Crippen LogP contribution in [-0.2, 0) is 6.54 Å². The molecule has 1 aliphatic heterocycles. The molecule has 0 amide bonds. The van der Waals surface area contributed by atoms with Gasteiger partial charge in [0.05, 0.1) is 0 Å². The number of para-hydroxylation sites is 1. The van der Waals surface area contributed by atoms with E-state index in [1.54, 1.807) is 31.3 Å². The number of likely N-dealkylation sites (tertiary alicyclic amines) is 1. The van der Waals surface area contributed by atoms with Crippen molar-refractivity contribution in [2.24, 2.45) is 4.99 Å². The normalized spacial score (nSPS) is 16.3. The van der Waals surface area contributed by atoms with Crippen LogP contribution in [0.1, 0.15) is 31.7 Å². The van der Waals surface area contributed by atoms with E-state index in [9.17, 15) is 8.78 Å². The highest BCUT2D eigenvalue weighted by molar-refractivity contribution is 14.0. The summed E-state index contributed by atoms with van der Waals surface area (Å²) >= 11 is 0. The zero-order chi connectivity index (χ0) is 18.1. The molecule has 0 bridgehead atoms. The van der Waals surface area contributed by atoms with E-state index in [1.807, 2.05) is 0 Å². The Bertz CT molecular complexity index is 554. The van der Waals surface area contributed by atoms with E-state index < -0.39 is 6.61 Å². The van der Waals surface area contributed by atoms with Gasteiger partial charge in [0.2, 0.25) is 0 Å². The molecule has 1 aliphatic rings. The molecule has 26 heavy (non-hydrogen) atoms. The fraction of sp³-hybridized carbons (Fsp3) is 0.611. The molecule has 1 heterocycles. The van der Waals surface area contributed by atoms with Crippen molar-refractivity contribution in [2.45, 2.75) is 45.4 Å². The molecular formula is C18H29F2IN4O. The van der Waals surface area contributed by atoms with Gasteiger partial charge in [-0.25, -0.2) is 0 Å². The second-order valence-corrected chi connectivity index (χ2v) is 6.10. The Labute approximate surface area is 171 Å². The number of nitrogens with zero attached hydrogens (tertiary/aromatic N) is 2. The Morgan fingerprint density at radius 1 is 1.23 bits per heavy atom. The van der Waals surface area contributed by atoms with Gasteiger partial charge in [-0.15, -0.1) is 24.0 Å². The molecule has 0 aliphatic carbocycles. The Morgan fingerprint density at radius 2 is 1.92 bits per heavy atom. The van der Waals surface area contributed by atoms with Gasteiger partial charge < -0.3 is 15.4 Å². The van der Waals surface area contributed by atoms with E-state index in [4.69, 9.17) is 0 Å². The van der Waals surface area contributed by atoms with Crippen molar-refractivity contribution in [2.75, 3.05) is 26.7 Å². The van der Waals surface area contributed by atoms with E-state index in [0.29, 0.717) is 24.1 Å². The SMILES string of the molecule is CCC(CNC(=NC)NCc1ccccc1OC(F)F)N1CCCC1.I. The molecule has 5 nitrogen and oxygen atoms in total. The van der Waals surface area contributed by atoms with Crippen LogP contribution in [0, 0.1) is 0 Å². The number of halogens is 3. The lowest BCUT2D eigenvalue weighted by atomic mass is 10.2. The minimum atomic E-state index is -2.83. The highest BCUT2D eigenvalue weighted by Crippen LogP contribution is 2.20. The van der Waals surface area contributed by atoms with Gasteiger partial charge in [-0.3, -0.25) is 9.89 Å². The van der Waals surface area contributed by atoms with Crippen molar-refractivity contribution in [3.63, 3.8) is 0 Å². The van der Waals surface area contributed by atoms with Gasteiger partial charge in [0.25, 0.3) is 0 Å². The largest absolute Gasteiger partial charge is 0.434 e. The van der Waals surface area contributed by atoms with E-state index in [0.717, 1.165) is 26.1 Å². The number of hydrogen-bond acceptors (Lipinski definition) is 3. The molecule has 0 spiro atoms. The van der Waals surface area contributed by atoms with Crippen LogP contribution in [0.4, 0.5) is 8.78 Å². The second kappa shape index (κ2) is 12.3. The summed E-state index contributed by atoms with van der Waals surface area (Å²) in [5, 5.41) is 6.50. The summed E-state index contributed by atoms with van der Waals surface area (Å²) in [6.45, 7) is 2.85. The number of nitrogens with one attached hydrogen (secondary N) is 2. The Morgan fingerprint density at radius 3 is 2.54 bits per heavy atom. The van der Waals surface area contributed by atoms with Crippen LogP contribution in [0.2, 0.25) is 0 Å².